The van der Waals surface area contributed by atoms with Crippen molar-refractivity contribution in [1.29, 1.82) is 0 Å². The first-order valence-corrected chi connectivity index (χ1v) is 9.13. The molecule has 0 atom stereocenters. The van der Waals surface area contributed by atoms with E-state index in [4.69, 9.17) is 11.5 Å². The minimum atomic E-state index is 0. The Balaban J connectivity index is 0.000000227. The van der Waals surface area contributed by atoms with Crippen LogP contribution in [0.5, 0.6) is 0 Å². The van der Waals surface area contributed by atoms with Crippen molar-refractivity contribution in [2.75, 3.05) is 22.1 Å². The molecule has 13 heteroatoms. The molecule has 168 valence electrons. The standard InChI is InChI=1S/2C10H9N5O.H2O/c2*11-9-13-8(7-4-2-1-3-5-7)14-10(15-9)12-6-16;/h2*1-6H,(H3,11,12,13,14,15,16);1H2. The van der Waals surface area contributed by atoms with Gasteiger partial charge in [0, 0.05) is 11.1 Å². The Labute approximate surface area is 187 Å². The summed E-state index contributed by atoms with van der Waals surface area (Å²) < 4.78 is 0. The molecule has 33 heavy (non-hydrogen) atoms. The Morgan fingerprint density at radius 1 is 0.576 bits per heavy atom. The molecule has 2 aromatic carbocycles. The Kier molecular flexibility index (Phi) is 8.79. The highest BCUT2D eigenvalue weighted by atomic mass is 16.1. The number of nitrogens with one attached hydrogen (secondary N) is 2. The zero-order valence-electron chi connectivity index (χ0n) is 17.1. The van der Waals surface area contributed by atoms with Crippen LogP contribution >= 0.6 is 0 Å². The van der Waals surface area contributed by atoms with Crippen LogP contribution in [0.1, 0.15) is 0 Å². The third-order valence-electron chi connectivity index (χ3n) is 3.75. The number of nitrogen functional groups attached to an aromatic ring is 2. The highest BCUT2D eigenvalue weighted by molar-refractivity contribution is 5.69. The number of rotatable bonds is 6. The van der Waals surface area contributed by atoms with Crippen LogP contribution in [-0.2, 0) is 9.59 Å². The molecule has 8 N–H and O–H groups in total. The molecule has 0 bridgehead atoms. The summed E-state index contributed by atoms with van der Waals surface area (Å²) in [5, 5.41) is 4.67. The van der Waals surface area contributed by atoms with Gasteiger partial charge in [-0.2, -0.15) is 29.9 Å². The molecule has 0 fully saturated rings. The number of hydrogen-bond donors (Lipinski definition) is 4. The summed E-state index contributed by atoms with van der Waals surface area (Å²) in [7, 11) is 0. The monoisotopic (exact) mass is 448 g/mol. The predicted molar refractivity (Wildman–Crippen MR) is 122 cm³/mol. The molecule has 0 saturated carbocycles. The Morgan fingerprint density at radius 3 is 1.27 bits per heavy atom. The lowest BCUT2D eigenvalue weighted by Crippen LogP contribution is -2.06. The molecule has 0 unspecified atom stereocenters. The number of carbonyl (C=O) groups excluding carboxylic acids is 2. The average molecular weight is 448 g/mol. The average Bonchev–Trinajstić information content (AvgIpc) is 2.80. The number of nitrogens with two attached hydrogens (primary N) is 2. The summed E-state index contributed by atoms with van der Waals surface area (Å²) in [6.07, 6.45) is 0.979. The van der Waals surface area contributed by atoms with E-state index in [9.17, 15) is 9.59 Å². The SMILES string of the molecule is Nc1nc(NC=O)nc(-c2ccccc2)n1.Nc1nc(NC=O)nc(-c2ccccc2)n1.O. The first kappa shape index (κ1) is 24.2. The van der Waals surface area contributed by atoms with Crippen LogP contribution < -0.4 is 22.1 Å². The van der Waals surface area contributed by atoms with E-state index in [2.05, 4.69) is 40.5 Å². The number of anilines is 4. The normalized spacial score (nSPS) is 9.45. The van der Waals surface area contributed by atoms with Crippen molar-refractivity contribution < 1.29 is 15.1 Å². The van der Waals surface area contributed by atoms with Gasteiger partial charge in [-0.15, -0.1) is 0 Å². The van der Waals surface area contributed by atoms with E-state index in [1.54, 1.807) is 0 Å². The second-order valence-corrected chi connectivity index (χ2v) is 5.94. The van der Waals surface area contributed by atoms with Crippen LogP contribution in [0, 0.1) is 0 Å². The van der Waals surface area contributed by atoms with Crippen molar-refractivity contribution in [3.8, 4) is 22.8 Å². The van der Waals surface area contributed by atoms with Gasteiger partial charge in [-0.25, -0.2) is 0 Å². The molecular weight excluding hydrogens is 428 g/mol. The zero-order chi connectivity index (χ0) is 22.8. The van der Waals surface area contributed by atoms with Crippen molar-refractivity contribution in [2.24, 2.45) is 0 Å². The summed E-state index contributed by atoms with van der Waals surface area (Å²) in [4.78, 5) is 44.2. The van der Waals surface area contributed by atoms with Gasteiger partial charge in [0.1, 0.15) is 0 Å². The van der Waals surface area contributed by atoms with Gasteiger partial charge in [-0.1, -0.05) is 60.7 Å². The lowest BCUT2D eigenvalue weighted by molar-refractivity contribution is -0.106. The second kappa shape index (κ2) is 12.0. The third-order valence-corrected chi connectivity index (χ3v) is 3.75. The molecule has 0 saturated heterocycles. The molecule has 2 aromatic heterocycles. The van der Waals surface area contributed by atoms with Crippen molar-refractivity contribution in [1.82, 2.24) is 29.9 Å². The van der Waals surface area contributed by atoms with Crippen LogP contribution in [-0.4, -0.2) is 48.2 Å². The fourth-order valence-corrected chi connectivity index (χ4v) is 2.45. The van der Waals surface area contributed by atoms with Gasteiger partial charge in [0.25, 0.3) is 0 Å². The van der Waals surface area contributed by atoms with Crippen LogP contribution in [0.15, 0.2) is 60.7 Å². The van der Waals surface area contributed by atoms with Gasteiger partial charge < -0.3 is 16.9 Å². The topological polar surface area (TPSA) is 219 Å². The van der Waals surface area contributed by atoms with Crippen LogP contribution in [0.4, 0.5) is 23.8 Å². The van der Waals surface area contributed by atoms with Crippen LogP contribution in [0.25, 0.3) is 22.8 Å². The Morgan fingerprint density at radius 2 is 0.939 bits per heavy atom. The number of aromatic nitrogens is 6. The van der Waals surface area contributed by atoms with Crippen LogP contribution in [0.3, 0.4) is 0 Å². The highest BCUT2D eigenvalue weighted by Crippen LogP contribution is 2.16. The van der Waals surface area contributed by atoms with E-state index in [1.807, 2.05) is 60.7 Å². The van der Waals surface area contributed by atoms with Crippen LogP contribution in [0.2, 0.25) is 0 Å². The molecule has 0 aliphatic heterocycles. The molecule has 4 rings (SSSR count). The highest BCUT2D eigenvalue weighted by Gasteiger charge is 2.06. The fraction of sp³-hybridized carbons (Fsp3) is 0. The quantitative estimate of drug-likeness (QED) is 0.300. The number of carbonyl (C=O) groups is 2. The largest absolute Gasteiger partial charge is 0.412 e. The van der Waals surface area contributed by atoms with Crippen molar-refractivity contribution >= 4 is 36.6 Å². The second-order valence-electron chi connectivity index (χ2n) is 5.94. The predicted octanol–water partition coefficient (Wildman–Crippen LogP) is 0.553. The first-order valence-electron chi connectivity index (χ1n) is 9.13. The van der Waals surface area contributed by atoms with E-state index in [0.717, 1.165) is 11.1 Å². The molecular formula is C20H20N10O3. The molecule has 0 radical (unpaired) electrons. The Hall–Kier alpha value is -5.04. The van der Waals surface area contributed by atoms with E-state index in [0.29, 0.717) is 24.5 Å². The lowest BCUT2D eigenvalue weighted by Gasteiger charge is -2.03. The van der Waals surface area contributed by atoms with Crippen molar-refractivity contribution in [3.63, 3.8) is 0 Å². The van der Waals surface area contributed by atoms with Gasteiger partial charge >= 0.3 is 0 Å². The zero-order valence-corrected chi connectivity index (χ0v) is 17.1. The maximum absolute atomic E-state index is 10.3. The molecule has 2 amide bonds. The number of nitrogens with zero attached hydrogens (tertiary/aromatic N) is 6. The summed E-state index contributed by atoms with van der Waals surface area (Å²) in [5.41, 5.74) is 12.6. The van der Waals surface area contributed by atoms with Gasteiger partial charge in [0.2, 0.25) is 36.6 Å². The Bertz CT molecular complexity index is 1100. The third kappa shape index (κ3) is 7.01. The number of benzene rings is 2. The minimum absolute atomic E-state index is 0. The van der Waals surface area contributed by atoms with Gasteiger partial charge in [0.15, 0.2) is 11.6 Å². The summed E-state index contributed by atoms with van der Waals surface area (Å²) >= 11 is 0. The smallest absolute Gasteiger partial charge is 0.234 e. The van der Waals surface area contributed by atoms with E-state index < -0.39 is 0 Å². The molecule has 0 aliphatic carbocycles. The maximum atomic E-state index is 10.3. The molecule has 0 aliphatic rings. The van der Waals surface area contributed by atoms with E-state index in [1.165, 1.54) is 0 Å². The fourth-order valence-electron chi connectivity index (χ4n) is 2.45. The van der Waals surface area contributed by atoms with Gasteiger partial charge in [0.05, 0.1) is 0 Å². The summed E-state index contributed by atoms with van der Waals surface area (Å²) in [6.45, 7) is 0. The lowest BCUT2D eigenvalue weighted by atomic mass is 10.2. The summed E-state index contributed by atoms with van der Waals surface area (Å²) in [6, 6.07) is 18.6. The number of amides is 2. The summed E-state index contributed by atoms with van der Waals surface area (Å²) in [5.74, 6) is 1.27. The number of hydrogen-bond acceptors (Lipinski definition) is 10. The van der Waals surface area contributed by atoms with Gasteiger partial charge in [-0.3, -0.25) is 20.2 Å². The molecule has 2 heterocycles. The van der Waals surface area contributed by atoms with E-state index in [-0.39, 0.29) is 29.3 Å². The maximum Gasteiger partial charge on any atom is 0.234 e. The molecule has 13 nitrogen and oxygen atoms in total. The molecule has 4 aromatic rings. The molecule has 0 spiro atoms. The van der Waals surface area contributed by atoms with E-state index >= 15 is 0 Å². The van der Waals surface area contributed by atoms with Crippen molar-refractivity contribution in [3.05, 3.63) is 60.7 Å². The van der Waals surface area contributed by atoms with Crippen molar-refractivity contribution in [2.45, 2.75) is 0 Å². The van der Waals surface area contributed by atoms with Gasteiger partial charge in [-0.05, 0) is 0 Å². The minimum Gasteiger partial charge on any atom is -0.412 e. The first-order chi connectivity index (χ1) is 15.6.